The molecule has 21 heavy (non-hydrogen) atoms. The van der Waals surface area contributed by atoms with Crippen LogP contribution in [-0.2, 0) is 9.53 Å². The van der Waals surface area contributed by atoms with E-state index in [1.807, 2.05) is 19.1 Å². The van der Waals surface area contributed by atoms with Crippen LogP contribution in [0.15, 0.2) is 18.2 Å². The van der Waals surface area contributed by atoms with Gasteiger partial charge in [-0.25, -0.2) is 4.98 Å². The van der Waals surface area contributed by atoms with Crippen LogP contribution in [0.1, 0.15) is 18.4 Å². The highest BCUT2D eigenvalue weighted by atomic mass is 32.1. The van der Waals surface area contributed by atoms with Crippen LogP contribution in [0.3, 0.4) is 0 Å². The Balaban J connectivity index is 1.81. The Morgan fingerprint density at radius 1 is 1.43 bits per heavy atom. The monoisotopic (exact) mass is 305 g/mol. The number of piperidine rings is 1. The van der Waals surface area contributed by atoms with Gasteiger partial charge in [-0.15, -0.1) is 0 Å². The Morgan fingerprint density at radius 3 is 2.90 bits per heavy atom. The highest BCUT2D eigenvalue weighted by Crippen LogP contribution is 2.29. The second-order valence-corrected chi connectivity index (χ2v) is 6.42. The molecule has 1 amide bonds. The zero-order valence-corrected chi connectivity index (χ0v) is 13.0. The van der Waals surface area contributed by atoms with E-state index < -0.39 is 5.60 Å². The molecule has 2 aromatic rings. The molecule has 1 aromatic heterocycles. The third-order valence-electron chi connectivity index (χ3n) is 3.98. The predicted molar refractivity (Wildman–Crippen MR) is 84.8 cm³/mol. The fourth-order valence-corrected chi connectivity index (χ4v) is 3.61. The molecule has 6 heteroatoms. The first-order valence-corrected chi connectivity index (χ1v) is 7.89. The van der Waals surface area contributed by atoms with Gasteiger partial charge < -0.3 is 10.1 Å². The zero-order valence-electron chi connectivity index (χ0n) is 12.2. The molecule has 0 saturated carbocycles. The summed E-state index contributed by atoms with van der Waals surface area (Å²) in [5.74, 6) is -0.0951. The fraction of sp³-hybridized carbons (Fsp3) is 0.467. The van der Waals surface area contributed by atoms with E-state index in [0.29, 0.717) is 18.0 Å². The number of amides is 1. The predicted octanol–water partition coefficient (Wildman–Crippen LogP) is 2.31. The van der Waals surface area contributed by atoms with E-state index in [1.165, 1.54) is 16.9 Å². The molecule has 0 unspecified atom stereocenters. The number of nitrogens with zero attached hydrogens (tertiary/aromatic N) is 1. The van der Waals surface area contributed by atoms with E-state index in [0.717, 1.165) is 23.3 Å². The van der Waals surface area contributed by atoms with Gasteiger partial charge in [0.1, 0.15) is 5.60 Å². The van der Waals surface area contributed by atoms with Gasteiger partial charge in [-0.1, -0.05) is 17.4 Å². The smallest absolute Gasteiger partial charge is 0.258 e. The number of rotatable bonds is 3. The highest BCUT2D eigenvalue weighted by molar-refractivity contribution is 7.22. The first-order chi connectivity index (χ1) is 10.1. The molecule has 1 aliphatic rings. The van der Waals surface area contributed by atoms with Crippen molar-refractivity contribution in [1.29, 1.82) is 0 Å². The summed E-state index contributed by atoms with van der Waals surface area (Å²) in [6.07, 6.45) is 1.36. The maximum absolute atomic E-state index is 12.6. The number of aryl methyl sites for hydroxylation is 1. The van der Waals surface area contributed by atoms with E-state index in [4.69, 9.17) is 4.74 Å². The van der Waals surface area contributed by atoms with Gasteiger partial charge in [0.2, 0.25) is 0 Å². The molecule has 3 rings (SSSR count). The summed E-state index contributed by atoms with van der Waals surface area (Å²) >= 11 is 1.50. The maximum atomic E-state index is 12.6. The maximum Gasteiger partial charge on any atom is 0.258 e. The number of hydrogen-bond acceptors (Lipinski definition) is 5. The summed E-state index contributed by atoms with van der Waals surface area (Å²) in [6.45, 7) is 3.63. The van der Waals surface area contributed by atoms with Crippen LogP contribution < -0.4 is 10.6 Å². The summed E-state index contributed by atoms with van der Waals surface area (Å²) in [5.41, 5.74) is 1.37. The summed E-state index contributed by atoms with van der Waals surface area (Å²) in [4.78, 5) is 17.0. The summed E-state index contributed by atoms with van der Waals surface area (Å²) in [5, 5.41) is 6.81. The van der Waals surface area contributed by atoms with Crippen LogP contribution in [0.2, 0.25) is 0 Å². The molecular weight excluding hydrogens is 286 g/mol. The number of fused-ring (bicyclic) bond motifs is 1. The summed E-state index contributed by atoms with van der Waals surface area (Å²) in [7, 11) is 1.60. The van der Waals surface area contributed by atoms with Crippen molar-refractivity contribution in [3.05, 3.63) is 23.8 Å². The number of hydrogen-bond donors (Lipinski definition) is 2. The molecule has 0 spiro atoms. The van der Waals surface area contributed by atoms with Gasteiger partial charge in [0.25, 0.3) is 5.91 Å². The van der Waals surface area contributed by atoms with Crippen molar-refractivity contribution in [2.75, 3.05) is 25.5 Å². The Bertz CT molecular complexity index is 662. The van der Waals surface area contributed by atoms with Gasteiger partial charge >= 0.3 is 0 Å². The number of anilines is 1. The van der Waals surface area contributed by atoms with Crippen molar-refractivity contribution < 1.29 is 9.53 Å². The van der Waals surface area contributed by atoms with E-state index in [-0.39, 0.29) is 5.91 Å². The molecule has 1 aromatic carbocycles. The number of benzene rings is 1. The Hall–Kier alpha value is -1.50. The molecule has 1 aliphatic heterocycles. The number of ether oxygens (including phenoxy) is 1. The lowest BCUT2D eigenvalue weighted by Crippen LogP contribution is -2.51. The van der Waals surface area contributed by atoms with Crippen molar-refractivity contribution in [3.8, 4) is 0 Å². The number of aromatic nitrogens is 1. The van der Waals surface area contributed by atoms with E-state index in [2.05, 4.69) is 21.7 Å². The van der Waals surface area contributed by atoms with Crippen LogP contribution in [0.4, 0.5) is 5.13 Å². The molecule has 2 N–H and O–H groups in total. The first-order valence-electron chi connectivity index (χ1n) is 7.07. The number of carbonyl (C=O) groups is 1. The minimum absolute atomic E-state index is 0.0951. The molecular formula is C15H19N3O2S. The van der Waals surface area contributed by atoms with Crippen molar-refractivity contribution in [3.63, 3.8) is 0 Å². The second kappa shape index (κ2) is 5.71. The fourth-order valence-electron chi connectivity index (χ4n) is 2.65. The second-order valence-electron chi connectivity index (χ2n) is 5.39. The molecule has 1 saturated heterocycles. The molecule has 112 valence electrons. The van der Waals surface area contributed by atoms with Crippen molar-refractivity contribution >= 4 is 32.6 Å². The molecule has 0 aliphatic carbocycles. The molecule has 0 atom stereocenters. The van der Waals surface area contributed by atoms with Crippen molar-refractivity contribution in [2.45, 2.75) is 25.4 Å². The number of methoxy groups -OCH3 is 1. The SMILES string of the molecule is COC1(C(=O)Nc2nc3ccc(C)cc3s2)CCNCC1. The van der Waals surface area contributed by atoms with Crippen LogP contribution in [0, 0.1) is 6.92 Å². The van der Waals surface area contributed by atoms with Crippen molar-refractivity contribution in [2.24, 2.45) is 0 Å². The van der Waals surface area contributed by atoms with E-state index in [1.54, 1.807) is 7.11 Å². The van der Waals surface area contributed by atoms with E-state index >= 15 is 0 Å². The molecule has 5 nitrogen and oxygen atoms in total. The number of nitrogens with one attached hydrogen (secondary N) is 2. The molecule has 2 heterocycles. The first kappa shape index (κ1) is 14.4. The minimum atomic E-state index is -0.737. The Labute approximate surface area is 127 Å². The lowest BCUT2D eigenvalue weighted by Gasteiger charge is -2.34. The van der Waals surface area contributed by atoms with Gasteiger partial charge in [0.15, 0.2) is 5.13 Å². The third kappa shape index (κ3) is 2.79. The van der Waals surface area contributed by atoms with E-state index in [9.17, 15) is 4.79 Å². The largest absolute Gasteiger partial charge is 0.368 e. The van der Waals surface area contributed by atoms with Gasteiger partial charge in [0.05, 0.1) is 10.2 Å². The highest BCUT2D eigenvalue weighted by Gasteiger charge is 2.40. The number of thiazole rings is 1. The standard InChI is InChI=1S/C15H19N3O2S/c1-10-3-4-11-12(9-10)21-14(17-11)18-13(19)15(20-2)5-7-16-8-6-15/h3-4,9,16H,5-8H2,1-2H3,(H,17,18,19). The topological polar surface area (TPSA) is 63.2 Å². The number of carbonyl (C=O) groups excluding carboxylic acids is 1. The minimum Gasteiger partial charge on any atom is -0.368 e. The normalized spacial score (nSPS) is 17.8. The Morgan fingerprint density at radius 2 is 2.19 bits per heavy atom. The lowest BCUT2D eigenvalue weighted by atomic mass is 9.91. The zero-order chi connectivity index (χ0) is 14.9. The van der Waals surface area contributed by atoms with Crippen molar-refractivity contribution in [1.82, 2.24) is 10.3 Å². The Kier molecular flexibility index (Phi) is 3.93. The van der Waals surface area contributed by atoms with Gasteiger partial charge in [0, 0.05) is 7.11 Å². The molecule has 1 fully saturated rings. The van der Waals surface area contributed by atoms with Crippen LogP contribution in [0.5, 0.6) is 0 Å². The molecule has 0 radical (unpaired) electrons. The van der Waals surface area contributed by atoms with Crippen LogP contribution in [-0.4, -0.2) is 36.7 Å². The summed E-state index contributed by atoms with van der Waals surface area (Å²) < 4.78 is 6.62. The average Bonchev–Trinajstić information content (AvgIpc) is 2.89. The van der Waals surface area contributed by atoms with Gasteiger partial charge in [-0.2, -0.15) is 0 Å². The van der Waals surface area contributed by atoms with Crippen LogP contribution >= 0.6 is 11.3 Å². The van der Waals surface area contributed by atoms with Crippen LogP contribution in [0.25, 0.3) is 10.2 Å². The van der Waals surface area contributed by atoms with Gasteiger partial charge in [-0.3, -0.25) is 10.1 Å². The lowest BCUT2D eigenvalue weighted by molar-refractivity contribution is -0.140. The summed E-state index contributed by atoms with van der Waals surface area (Å²) in [6, 6.07) is 6.09. The van der Waals surface area contributed by atoms with Gasteiger partial charge in [-0.05, 0) is 50.6 Å². The third-order valence-corrected chi connectivity index (χ3v) is 4.91. The average molecular weight is 305 g/mol. The quantitative estimate of drug-likeness (QED) is 0.913. The molecule has 0 bridgehead atoms.